The molecule has 0 aliphatic heterocycles. The molecule has 1 aliphatic rings. The summed E-state index contributed by atoms with van der Waals surface area (Å²) in [5.41, 5.74) is 5.30. The Morgan fingerprint density at radius 2 is 1.73 bits per heavy atom. The number of benzene rings is 2. The molecular formula is C24H26N4O2. The fourth-order valence-corrected chi connectivity index (χ4v) is 3.54. The van der Waals surface area contributed by atoms with Gasteiger partial charge in [-0.3, -0.25) is 9.59 Å². The first-order chi connectivity index (χ1) is 14.4. The maximum atomic E-state index is 12.9. The number of rotatable bonds is 6. The minimum Gasteiger partial charge on any atom is -0.337 e. The van der Waals surface area contributed by atoms with Crippen LogP contribution in [0.2, 0.25) is 0 Å². The lowest BCUT2D eigenvalue weighted by Crippen LogP contribution is -2.26. The Morgan fingerprint density at radius 1 is 1.07 bits per heavy atom. The van der Waals surface area contributed by atoms with Gasteiger partial charge < -0.3 is 10.2 Å². The fourth-order valence-electron chi connectivity index (χ4n) is 3.54. The lowest BCUT2D eigenvalue weighted by molar-refractivity contribution is -0.117. The van der Waals surface area contributed by atoms with Crippen LogP contribution in [0.1, 0.15) is 40.2 Å². The van der Waals surface area contributed by atoms with Gasteiger partial charge in [0.1, 0.15) is 0 Å². The average Bonchev–Trinajstić information content (AvgIpc) is 3.57. The third-order valence-corrected chi connectivity index (χ3v) is 5.53. The quantitative estimate of drug-likeness (QED) is 0.675. The van der Waals surface area contributed by atoms with E-state index in [1.54, 1.807) is 36.2 Å². The number of nitrogens with one attached hydrogen (secondary N) is 1. The van der Waals surface area contributed by atoms with E-state index in [0.717, 1.165) is 41.2 Å². The number of nitrogens with zero attached hydrogens (tertiary/aromatic N) is 3. The molecule has 0 atom stereocenters. The highest BCUT2D eigenvalue weighted by Crippen LogP contribution is 2.30. The van der Waals surface area contributed by atoms with E-state index >= 15 is 0 Å². The Balaban J connectivity index is 1.46. The first-order valence-electron chi connectivity index (χ1n) is 10.2. The highest BCUT2D eigenvalue weighted by molar-refractivity contribution is 5.96. The number of hydrogen-bond donors (Lipinski definition) is 1. The van der Waals surface area contributed by atoms with Crippen molar-refractivity contribution in [1.82, 2.24) is 14.7 Å². The predicted molar refractivity (Wildman–Crippen MR) is 117 cm³/mol. The highest BCUT2D eigenvalue weighted by Gasteiger charge is 2.29. The van der Waals surface area contributed by atoms with Gasteiger partial charge in [0.25, 0.3) is 5.91 Å². The second-order valence-electron chi connectivity index (χ2n) is 7.90. The van der Waals surface area contributed by atoms with Crippen LogP contribution in [0.3, 0.4) is 0 Å². The van der Waals surface area contributed by atoms with Gasteiger partial charge in [-0.25, -0.2) is 4.68 Å². The monoisotopic (exact) mass is 402 g/mol. The summed E-state index contributed by atoms with van der Waals surface area (Å²) < 4.78 is 1.92. The largest absolute Gasteiger partial charge is 0.337 e. The first-order valence-corrected chi connectivity index (χ1v) is 10.2. The van der Waals surface area contributed by atoms with Crippen LogP contribution >= 0.6 is 0 Å². The molecule has 6 heteroatoms. The predicted octanol–water partition coefficient (Wildman–Crippen LogP) is 4.11. The molecule has 2 aromatic carbocycles. The van der Waals surface area contributed by atoms with Crippen LogP contribution in [0.15, 0.2) is 54.6 Å². The number of para-hydroxylation sites is 1. The summed E-state index contributed by atoms with van der Waals surface area (Å²) >= 11 is 0. The number of anilines is 1. The number of amides is 2. The summed E-state index contributed by atoms with van der Waals surface area (Å²) in [6.45, 7) is 4.47. The summed E-state index contributed by atoms with van der Waals surface area (Å²) in [5.74, 6) is 0.148. The normalized spacial score (nSPS) is 13.2. The molecule has 0 radical (unpaired) electrons. The third-order valence-electron chi connectivity index (χ3n) is 5.53. The van der Waals surface area contributed by atoms with E-state index in [4.69, 9.17) is 0 Å². The zero-order valence-corrected chi connectivity index (χ0v) is 17.6. The van der Waals surface area contributed by atoms with Crippen molar-refractivity contribution in [3.63, 3.8) is 0 Å². The fraction of sp³-hybridized carbons (Fsp3) is 0.292. The van der Waals surface area contributed by atoms with Crippen molar-refractivity contribution in [2.24, 2.45) is 5.92 Å². The van der Waals surface area contributed by atoms with Gasteiger partial charge in [0.05, 0.1) is 11.4 Å². The summed E-state index contributed by atoms with van der Waals surface area (Å²) in [4.78, 5) is 26.5. The Hall–Kier alpha value is -3.41. The maximum absolute atomic E-state index is 12.9. The second kappa shape index (κ2) is 8.14. The Kier molecular flexibility index (Phi) is 5.40. The molecule has 1 aliphatic carbocycles. The van der Waals surface area contributed by atoms with Gasteiger partial charge in [0, 0.05) is 42.0 Å². The van der Waals surface area contributed by atoms with Crippen molar-refractivity contribution in [3.8, 4) is 5.69 Å². The zero-order valence-electron chi connectivity index (χ0n) is 17.6. The van der Waals surface area contributed by atoms with Crippen molar-refractivity contribution in [2.75, 3.05) is 12.4 Å². The molecule has 2 amide bonds. The molecule has 6 nitrogen and oxygen atoms in total. The van der Waals surface area contributed by atoms with Crippen molar-refractivity contribution in [2.45, 2.75) is 33.2 Å². The molecule has 1 N–H and O–H groups in total. The minimum atomic E-state index is -0.0682. The van der Waals surface area contributed by atoms with E-state index in [1.165, 1.54) is 0 Å². The van der Waals surface area contributed by atoms with E-state index < -0.39 is 0 Å². The van der Waals surface area contributed by atoms with E-state index in [-0.39, 0.29) is 17.7 Å². The lowest BCUT2D eigenvalue weighted by atomic mass is 10.1. The molecule has 1 fully saturated rings. The number of carbonyl (C=O) groups is 2. The second-order valence-corrected chi connectivity index (χ2v) is 7.90. The van der Waals surface area contributed by atoms with Crippen molar-refractivity contribution in [3.05, 3.63) is 77.1 Å². The molecule has 0 saturated heterocycles. The van der Waals surface area contributed by atoms with E-state index in [2.05, 4.69) is 10.4 Å². The molecule has 1 heterocycles. The Bertz CT molecular complexity index is 1070. The van der Waals surface area contributed by atoms with E-state index in [0.29, 0.717) is 12.1 Å². The van der Waals surface area contributed by atoms with Crippen molar-refractivity contribution >= 4 is 17.5 Å². The van der Waals surface area contributed by atoms with Crippen LogP contribution in [0.4, 0.5) is 5.69 Å². The maximum Gasteiger partial charge on any atom is 0.253 e. The Morgan fingerprint density at radius 3 is 2.37 bits per heavy atom. The molecule has 154 valence electrons. The zero-order chi connectivity index (χ0) is 21.3. The lowest BCUT2D eigenvalue weighted by Gasteiger charge is -2.18. The Labute approximate surface area is 176 Å². The van der Waals surface area contributed by atoms with Gasteiger partial charge in [-0.05, 0) is 63.1 Å². The standard InChI is InChI=1S/C24H26N4O2/c1-16-22(17(2)28(26-16)21-7-5-4-6-8-21)15-27(3)24(30)19-11-13-20(14-12-19)25-23(29)18-9-10-18/h4-8,11-14,18H,9-10,15H2,1-3H3,(H,25,29). The summed E-state index contributed by atoms with van der Waals surface area (Å²) in [6.07, 6.45) is 1.93. The third kappa shape index (κ3) is 4.13. The van der Waals surface area contributed by atoms with Crippen LogP contribution in [0.25, 0.3) is 5.69 Å². The molecule has 0 spiro atoms. The molecule has 0 unspecified atom stereocenters. The SMILES string of the molecule is Cc1nn(-c2ccccc2)c(C)c1CN(C)C(=O)c1ccc(NC(=O)C2CC2)cc1. The van der Waals surface area contributed by atoms with Gasteiger partial charge in [-0.15, -0.1) is 0 Å². The average molecular weight is 402 g/mol. The molecule has 1 saturated carbocycles. The topological polar surface area (TPSA) is 67.2 Å². The number of aryl methyl sites for hydroxylation is 1. The molecule has 0 bridgehead atoms. The van der Waals surface area contributed by atoms with Crippen LogP contribution in [-0.4, -0.2) is 33.5 Å². The van der Waals surface area contributed by atoms with Crippen LogP contribution in [0, 0.1) is 19.8 Å². The van der Waals surface area contributed by atoms with Crippen LogP contribution in [0.5, 0.6) is 0 Å². The summed E-state index contributed by atoms with van der Waals surface area (Å²) in [5, 5.41) is 7.56. The van der Waals surface area contributed by atoms with Gasteiger partial charge in [0.2, 0.25) is 5.91 Å². The van der Waals surface area contributed by atoms with Gasteiger partial charge in [0.15, 0.2) is 0 Å². The van der Waals surface area contributed by atoms with Gasteiger partial charge in [-0.1, -0.05) is 18.2 Å². The first kappa shape index (κ1) is 19.9. The summed E-state index contributed by atoms with van der Waals surface area (Å²) in [6, 6.07) is 17.1. The van der Waals surface area contributed by atoms with Crippen LogP contribution < -0.4 is 5.32 Å². The number of hydrogen-bond acceptors (Lipinski definition) is 3. The van der Waals surface area contributed by atoms with Crippen molar-refractivity contribution < 1.29 is 9.59 Å². The molecular weight excluding hydrogens is 376 g/mol. The molecule has 30 heavy (non-hydrogen) atoms. The van der Waals surface area contributed by atoms with Gasteiger partial charge in [-0.2, -0.15) is 5.10 Å². The smallest absolute Gasteiger partial charge is 0.253 e. The van der Waals surface area contributed by atoms with Gasteiger partial charge >= 0.3 is 0 Å². The highest BCUT2D eigenvalue weighted by atomic mass is 16.2. The molecule has 3 aromatic rings. The minimum absolute atomic E-state index is 0.0626. The number of aromatic nitrogens is 2. The van der Waals surface area contributed by atoms with Crippen LogP contribution in [-0.2, 0) is 11.3 Å². The van der Waals surface area contributed by atoms with Crippen molar-refractivity contribution in [1.29, 1.82) is 0 Å². The van der Waals surface area contributed by atoms with E-state index in [9.17, 15) is 9.59 Å². The summed E-state index contributed by atoms with van der Waals surface area (Å²) in [7, 11) is 1.80. The number of carbonyl (C=O) groups excluding carboxylic acids is 2. The molecule has 1 aromatic heterocycles. The molecule has 4 rings (SSSR count). The van der Waals surface area contributed by atoms with E-state index in [1.807, 2.05) is 48.9 Å².